The number of morpholine rings is 1. The topological polar surface area (TPSA) is 75.2 Å². The van der Waals surface area contributed by atoms with E-state index in [1.165, 1.54) is 25.7 Å². The van der Waals surface area contributed by atoms with Crippen LogP contribution in [0.4, 0.5) is 0 Å². The predicted molar refractivity (Wildman–Crippen MR) is 77.7 cm³/mol. The molecule has 1 aliphatic carbocycles. The van der Waals surface area contributed by atoms with Crippen molar-refractivity contribution in [3.05, 3.63) is 29.6 Å². The molecule has 2 atom stereocenters. The van der Waals surface area contributed by atoms with Crippen LogP contribution in [0.3, 0.4) is 0 Å². The number of aromatic nitrogens is 1. The molecule has 5 heteroatoms. The molecule has 0 bridgehead atoms. The SMILES string of the molecule is N=C(N)c1ncccc1CN1CCOC2CCCCC21. The normalized spacial score (nSPS) is 27.0. The van der Waals surface area contributed by atoms with Crippen LogP contribution in [0.2, 0.25) is 0 Å². The molecule has 0 aromatic carbocycles. The van der Waals surface area contributed by atoms with Gasteiger partial charge in [-0.1, -0.05) is 18.9 Å². The zero-order valence-electron chi connectivity index (χ0n) is 11.7. The van der Waals surface area contributed by atoms with Gasteiger partial charge in [0.15, 0.2) is 0 Å². The monoisotopic (exact) mass is 274 g/mol. The molecule has 3 rings (SSSR count). The van der Waals surface area contributed by atoms with Crippen molar-refractivity contribution in [1.82, 2.24) is 9.88 Å². The highest BCUT2D eigenvalue weighted by Crippen LogP contribution is 2.29. The van der Waals surface area contributed by atoms with Crippen LogP contribution in [-0.4, -0.2) is 41.0 Å². The van der Waals surface area contributed by atoms with Crippen molar-refractivity contribution in [1.29, 1.82) is 5.41 Å². The number of ether oxygens (including phenoxy) is 1. The van der Waals surface area contributed by atoms with Crippen molar-refractivity contribution >= 4 is 5.84 Å². The fraction of sp³-hybridized carbons (Fsp3) is 0.600. The van der Waals surface area contributed by atoms with Gasteiger partial charge in [-0.15, -0.1) is 0 Å². The summed E-state index contributed by atoms with van der Waals surface area (Å²) in [5.74, 6) is 0.0500. The Hall–Kier alpha value is -1.46. The molecule has 1 aromatic rings. The van der Waals surface area contributed by atoms with Gasteiger partial charge in [0, 0.05) is 25.3 Å². The highest BCUT2D eigenvalue weighted by atomic mass is 16.5. The fourth-order valence-electron chi connectivity index (χ4n) is 3.40. The van der Waals surface area contributed by atoms with Crippen molar-refractivity contribution in [2.45, 2.75) is 44.4 Å². The highest BCUT2D eigenvalue weighted by molar-refractivity contribution is 5.94. The number of pyridine rings is 1. The Morgan fingerprint density at radius 3 is 3.15 bits per heavy atom. The third-order valence-corrected chi connectivity index (χ3v) is 4.37. The molecule has 2 unspecified atom stereocenters. The van der Waals surface area contributed by atoms with Crippen LogP contribution < -0.4 is 5.73 Å². The van der Waals surface area contributed by atoms with Crippen LogP contribution in [0.25, 0.3) is 0 Å². The molecule has 1 saturated heterocycles. The summed E-state index contributed by atoms with van der Waals surface area (Å²) in [5.41, 5.74) is 7.29. The van der Waals surface area contributed by atoms with Gasteiger partial charge in [-0.3, -0.25) is 15.3 Å². The maximum absolute atomic E-state index is 7.65. The number of nitrogen functional groups attached to an aromatic ring is 1. The Morgan fingerprint density at radius 1 is 1.45 bits per heavy atom. The summed E-state index contributed by atoms with van der Waals surface area (Å²) in [6, 6.07) is 4.45. The third kappa shape index (κ3) is 2.69. The summed E-state index contributed by atoms with van der Waals surface area (Å²) >= 11 is 0. The maximum Gasteiger partial charge on any atom is 0.142 e. The minimum absolute atomic E-state index is 0.0500. The number of rotatable bonds is 3. The molecule has 1 aliphatic heterocycles. The molecular formula is C15H22N4O. The van der Waals surface area contributed by atoms with Crippen molar-refractivity contribution in [2.75, 3.05) is 13.2 Å². The largest absolute Gasteiger partial charge is 0.382 e. The maximum atomic E-state index is 7.65. The van der Waals surface area contributed by atoms with E-state index in [1.54, 1.807) is 6.20 Å². The van der Waals surface area contributed by atoms with Gasteiger partial charge in [-0.05, 0) is 24.5 Å². The second kappa shape index (κ2) is 5.89. The molecular weight excluding hydrogens is 252 g/mol. The summed E-state index contributed by atoms with van der Waals surface area (Å²) in [4.78, 5) is 6.72. The first-order chi connectivity index (χ1) is 9.75. The van der Waals surface area contributed by atoms with E-state index in [-0.39, 0.29) is 5.84 Å². The second-order valence-corrected chi connectivity index (χ2v) is 5.66. The summed E-state index contributed by atoms with van der Waals surface area (Å²) < 4.78 is 5.90. The van der Waals surface area contributed by atoms with Gasteiger partial charge in [-0.2, -0.15) is 0 Å². The average Bonchev–Trinajstić information content (AvgIpc) is 2.48. The Labute approximate surface area is 119 Å². The Balaban J connectivity index is 1.78. The first-order valence-electron chi connectivity index (χ1n) is 7.39. The highest BCUT2D eigenvalue weighted by Gasteiger charge is 2.34. The van der Waals surface area contributed by atoms with Crippen LogP contribution in [0.1, 0.15) is 36.9 Å². The molecule has 2 aliphatic rings. The van der Waals surface area contributed by atoms with Crippen LogP contribution in [0.5, 0.6) is 0 Å². The van der Waals surface area contributed by atoms with E-state index in [1.807, 2.05) is 12.1 Å². The summed E-state index contributed by atoms with van der Waals surface area (Å²) in [5, 5.41) is 7.65. The van der Waals surface area contributed by atoms with Gasteiger partial charge in [0.25, 0.3) is 0 Å². The minimum atomic E-state index is 0.0500. The Kier molecular flexibility index (Phi) is 3.98. The van der Waals surface area contributed by atoms with Crippen LogP contribution in [0.15, 0.2) is 18.3 Å². The van der Waals surface area contributed by atoms with Gasteiger partial charge in [0.1, 0.15) is 11.5 Å². The molecule has 0 spiro atoms. The second-order valence-electron chi connectivity index (χ2n) is 5.66. The molecule has 1 aromatic heterocycles. The molecule has 2 fully saturated rings. The first kappa shape index (κ1) is 13.5. The molecule has 108 valence electrons. The molecule has 1 saturated carbocycles. The zero-order chi connectivity index (χ0) is 13.9. The number of nitrogens with one attached hydrogen (secondary N) is 1. The van der Waals surface area contributed by atoms with Gasteiger partial charge in [0.2, 0.25) is 0 Å². The van der Waals surface area contributed by atoms with E-state index in [9.17, 15) is 0 Å². The van der Waals surface area contributed by atoms with E-state index >= 15 is 0 Å². The fourth-order valence-corrected chi connectivity index (χ4v) is 3.40. The molecule has 2 heterocycles. The zero-order valence-corrected chi connectivity index (χ0v) is 11.7. The number of nitrogens with zero attached hydrogens (tertiary/aromatic N) is 2. The van der Waals surface area contributed by atoms with Crippen molar-refractivity contribution in [3.63, 3.8) is 0 Å². The number of fused-ring (bicyclic) bond motifs is 1. The van der Waals surface area contributed by atoms with Gasteiger partial charge in [0.05, 0.1) is 12.7 Å². The molecule has 5 nitrogen and oxygen atoms in total. The lowest BCUT2D eigenvalue weighted by atomic mass is 9.90. The lowest BCUT2D eigenvalue weighted by molar-refractivity contribution is -0.0911. The lowest BCUT2D eigenvalue weighted by Gasteiger charge is -2.44. The average molecular weight is 274 g/mol. The van der Waals surface area contributed by atoms with E-state index in [4.69, 9.17) is 15.9 Å². The quantitative estimate of drug-likeness (QED) is 0.647. The predicted octanol–water partition coefficient (Wildman–Crippen LogP) is 1.51. The van der Waals surface area contributed by atoms with E-state index in [0.29, 0.717) is 17.8 Å². The van der Waals surface area contributed by atoms with E-state index < -0.39 is 0 Å². The van der Waals surface area contributed by atoms with E-state index in [2.05, 4.69) is 9.88 Å². The van der Waals surface area contributed by atoms with Gasteiger partial charge in [-0.25, -0.2) is 0 Å². The van der Waals surface area contributed by atoms with Crippen molar-refractivity contribution in [2.24, 2.45) is 5.73 Å². The summed E-state index contributed by atoms with van der Waals surface area (Å²) in [6.45, 7) is 2.57. The number of hydrogen-bond acceptors (Lipinski definition) is 4. The van der Waals surface area contributed by atoms with Crippen LogP contribution in [0, 0.1) is 5.41 Å². The summed E-state index contributed by atoms with van der Waals surface area (Å²) in [7, 11) is 0. The van der Waals surface area contributed by atoms with Crippen molar-refractivity contribution < 1.29 is 4.74 Å². The Bertz CT molecular complexity index is 489. The number of amidine groups is 1. The third-order valence-electron chi connectivity index (χ3n) is 4.37. The summed E-state index contributed by atoms with van der Waals surface area (Å²) in [6.07, 6.45) is 7.03. The molecule has 3 N–H and O–H groups in total. The molecule has 0 amide bonds. The Morgan fingerprint density at radius 2 is 2.30 bits per heavy atom. The van der Waals surface area contributed by atoms with Crippen LogP contribution >= 0.6 is 0 Å². The van der Waals surface area contributed by atoms with Gasteiger partial charge >= 0.3 is 0 Å². The standard InChI is InChI=1S/C15H22N4O/c16-15(17)14-11(4-3-7-18-14)10-19-8-9-20-13-6-2-1-5-12(13)19/h3-4,7,12-13H,1-2,5-6,8-10H2,(H3,16,17). The number of hydrogen-bond donors (Lipinski definition) is 2. The van der Waals surface area contributed by atoms with Crippen LogP contribution in [-0.2, 0) is 11.3 Å². The smallest absolute Gasteiger partial charge is 0.142 e. The van der Waals surface area contributed by atoms with Gasteiger partial charge < -0.3 is 10.5 Å². The molecule has 0 radical (unpaired) electrons. The number of nitrogens with two attached hydrogens (primary N) is 1. The lowest BCUT2D eigenvalue weighted by Crippen LogP contribution is -2.52. The first-order valence-corrected chi connectivity index (χ1v) is 7.39. The van der Waals surface area contributed by atoms with Crippen molar-refractivity contribution in [3.8, 4) is 0 Å². The molecule has 20 heavy (non-hydrogen) atoms. The van der Waals surface area contributed by atoms with E-state index in [0.717, 1.165) is 25.3 Å². The minimum Gasteiger partial charge on any atom is -0.382 e.